The topological polar surface area (TPSA) is 69.2 Å². The van der Waals surface area contributed by atoms with Gasteiger partial charge in [-0.1, -0.05) is 35.0 Å². The average molecular weight is 349 g/mol. The number of ether oxygens (including phenoxy) is 2. The highest BCUT2D eigenvalue weighted by Crippen LogP contribution is 2.29. The van der Waals surface area contributed by atoms with Gasteiger partial charge in [0.2, 0.25) is 0 Å². The van der Waals surface area contributed by atoms with E-state index in [-0.39, 0.29) is 12.5 Å². The van der Waals surface area contributed by atoms with Gasteiger partial charge in [0, 0.05) is 5.56 Å². The molecule has 0 radical (unpaired) electrons. The zero-order valence-electron chi connectivity index (χ0n) is 13.3. The fourth-order valence-corrected chi connectivity index (χ4v) is 2.14. The zero-order valence-corrected chi connectivity index (χ0v) is 14.0. The number of carbonyl (C=O) groups is 1. The number of methoxy groups -OCH3 is 2. The van der Waals surface area contributed by atoms with E-state index >= 15 is 0 Å². The first kappa shape index (κ1) is 17.6. The van der Waals surface area contributed by atoms with E-state index in [2.05, 4.69) is 10.5 Å². The summed E-state index contributed by atoms with van der Waals surface area (Å²) >= 11 is 5.96. The van der Waals surface area contributed by atoms with E-state index < -0.39 is 0 Å². The summed E-state index contributed by atoms with van der Waals surface area (Å²) in [6.45, 7) is -0.242. The average Bonchev–Trinajstić information content (AvgIpc) is 2.60. The Kier molecular flexibility index (Phi) is 6.45. The summed E-state index contributed by atoms with van der Waals surface area (Å²) in [5, 5.41) is 6.86. The van der Waals surface area contributed by atoms with Gasteiger partial charge >= 0.3 is 0 Å². The number of amides is 1. The zero-order chi connectivity index (χ0) is 17.4. The molecule has 0 saturated heterocycles. The van der Waals surface area contributed by atoms with Gasteiger partial charge < -0.3 is 19.6 Å². The molecule has 7 heteroatoms. The van der Waals surface area contributed by atoms with E-state index in [0.29, 0.717) is 27.8 Å². The first-order valence-electron chi connectivity index (χ1n) is 7.06. The molecule has 0 bridgehead atoms. The summed E-state index contributed by atoms with van der Waals surface area (Å²) in [5.41, 5.74) is 1.19. The van der Waals surface area contributed by atoms with Crippen LogP contribution < -0.4 is 14.8 Å². The number of nitrogens with zero attached hydrogens (tertiary/aromatic N) is 1. The van der Waals surface area contributed by atoms with Crippen LogP contribution >= 0.6 is 11.6 Å². The molecule has 1 amide bonds. The molecule has 2 rings (SSSR count). The number of nitrogens with one attached hydrogen (secondary N) is 1. The Morgan fingerprint density at radius 3 is 2.67 bits per heavy atom. The predicted molar refractivity (Wildman–Crippen MR) is 93.2 cm³/mol. The van der Waals surface area contributed by atoms with Crippen molar-refractivity contribution in [2.24, 2.45) is 5.16 Å². The first-order valence-corrected chi connectivity index (χ1v) is 7.44. The molecular formula is C17H17ClN2O4. The van der Waals surface area contributed by atoms with Gasteiger partial charge in [0.15, 0.2) is 18.1 Å². The number of hydrogen-bond donors (Lipinski definition) is 1. The van der Waals surface area contributed by atoms with Gasteiger partial charge in [0.1, 0.15) is 0 Å². The van der Waals surface area contributed by atoms with Crippen LogP contribution in [0.3, 0.4) is 0 Å². The van der Waals surface area contributed by atoms with Crippen molar-refractivity contribution in [3.63, 3.8) is 0 Å². The number of rotatable bonds is 7. The number of halogens is 1. The number of carbonyl (C=O) groups excluding carboxylic acids is 1. The number of anilines is 1. The fraction of sp³-hybridized carbons (Fsp3) is 0.176. The van der Waals surface area contributed by atoms with Crippen molar-refractivity contribution in [2.45, 2.75) is 0 Å². The largest absolute Gasteiger partial charge is 0.493 e. The maximum atomic E-state index is 11.8. The van der Waals surface area contributed by atoms with E-state index in [0.717, 1.165) is 0 Å². The minimum Gasteiger partial charge on any atom is -0.493 e. The van der Waals surface area contributed by atoms with Crippen molar-refractivity contribution in [1.82, 2.24) is 0 Å². The Hall–Kier alpha value is -2.73. The number of benzene rings is 2. The summed E-state index contributed by atoms with van der Waals surface area (Å²) in [7, 11) is 3.08. The second-order valence-corrected chi connectivity index (χ2v) is 5.03. The quantitative estimate of drug-likeness (QED) is 0.615. The van der Waals surface area contributed by atoms with Crippen molar-refractivity contribution in [3.8, 4) is 11.5 Å². The van der Waals surface area contributed by atoms with Crippen molar-refractivity contribution < 1.29 is 19.1 Å². The molecule has 0 aliphatic rings. The molecule has 1 N–H and O–H groups in total. The SMILES string of the molecule is COc1cccc(/C=N\OCC(=O)Nc2ccccc2Cl)c1OC. The highest BCUT2D eigenvalue weighted by atomic mass is 35.5. The van der Waals surface area contributed by atoms with Crippen LogP contribution in [0, 0.1) is 0 Å². The van der Waals surface area contributed by atoms with Crippen molar-refractivity contribution in [2.75, 3.05) is 26.1 Å². The van der Waals surface area contributed by atoms with Crippen LogP contribution in [-0.2, 0) is 9.63 Å². The highest BCUT2D eigenvalue weighted by molar-refractivity contribution is 6.33. The summed E-state index contributed by atoms with van der Waals surface area (Å²) in [6.07, 6.45) is 1.45. The molecule has 2 aromatic carbocycles. The normalized spacial score (nSPS) is 10.5. The fourth-order valence-electron chi connectivity index (χ4n) is 1.95. The van der Waals surface area contributed by atoms with Crippen molar-refractivity contribution >= 4 is 29.4 Å². The molecule has 0 aliphatic heterocycles. The molecule has 24 heavy (non-hydrogen) atoms. The van der Waals surface area contributed by atoms with Crippen LogP contribution in [0.2, 0.25) is 5.02 Å². The molecule has 0 fully saturated rings. The summed E-state index contributed by atoms with van der Waals surface area (Å²) in [5.74, 6) is 0.753. The Morgan fingerprint density at radius 1 is 1.17 bits per heavy atom. The lowest BCUT2D eigenvalue weighted by atomic mass is 10.2. The molecule has 2 aromatic rings. The van der Waals surface area contributed by atoms with Crippen LogP contribution in [0.25, 0.3) is 0 Å². The molecule has 0 spiro atoms. The second kappa shape index (κ2) is 8.79. The van der Waals surface area contributed by atoms with E-state index in [1.807, 2.05) is 0 Å². The van der Waals surface area contributed by atoms with E-state index in [4.69, 9.17) is 25.9 Å². The molecule has 0 unspecified atom stereocenters. The van der Waals surface area contributed by atoms with Crippen molar-refractivity contribution in [3.05, 3.63) is 53.1 Å². The summed E-state index contributed by atoms with van der Waals surface area (Å²) in [4.78, 5) is 16.8. The van der Waals surface area contributed by atoms with E-state index in [1.165, 1.54) is 13.3 Å². The maximum Gasteiger partial charge on any atom is 0.265 e. The smallest absolute Gasteiger partial charge is 0.265 e. The first-order chi connectivity index (χ1) is 11.7. The van der Waals surface area contributed by atoms with Crippen LogP contribution in [0.5, 0.6) is 11.5 Å². The third-order valence-corrected chi connectivity index (χ3v) is 3.37. The van der Waals surface area contributed by atoms with Gasteiger partial charge in [-0.3, -0.25) is 4.79 Å². The highest BCUT2D eigenvalue weighted by Gasteiger charge is 2.08. The Morgan fingerprint density at radius 2 is 1.96 bits per heavy atom. The van der Waals surface area contributed by atoms with E-state index in [1.54, 1.807) is 49.6 Å². The molecular weight excluding hydrogens is 332 g/mol. The third kappa shape index (κ3) is 4.63. The second-order valence-electron chi connectivity index (χ2n) is 4.62. The maximum absolute atomic E-state index is 11.8. The lowest BCUT2D eigenvalue weighted by molar-refractivity contribution is -0.120. The summed E-state index contributed by atoms with van der Waals surface area (Å²) < 4.78 is 10.5. The molecule has 0 saturated carbocycles. The van der Waals surface area contributed by atoms with Crippen LogP contribution in [0.15, 0.2) is 47.6 Å². The minimum absolute atomic E-state index is 0.242. The van der Waals surface area contributed by atoms with Crippen LogP contribution in [0.4, 0.5) is 5.69 Å². The van der Waals surface area contributed by atoms with Gasteiger partial charge in [0.25, 0.3) is 5.91 Å². The Balaban J connectivity index is 1.91. The standard InChI is InChI=1S/C17H17ClN2O4/c1-22-15-9-5-6-12(17(15)23-2)10-19-24-11-16(21)20-14-8-4-3-7-13(14)18/h3-10H,11H2,1-2H3,(H,20,21)/b19-10-. The predicted octanol–water partition coefficient (Wildman–Crippen LogP) is 3.35. The molecule has 6 nitrogen and oxygen atoms in total. The molecule has 0 aliphatic carbocycles. The third-order valence-electron chi connectivity index (χ3n) is 3.04. The van der Waals surface area contributed by atoms with Gasteiger partial charge in [-0.2, -0.15) is 0 Å². The molecule has 0 atom stereocenters. The van der Waals surface area contributed by atoms with Gasteiger partial charge in [-0.15, -0.1) is 0 Å². The summed E-state index contributed by atoms with van der Waals surface area (Å²) in [6, 6.07) is 12.3. The minimum atomic E-state index is -0.363. The number of para-hydroxylation sites is 2. The van der Waals surface area contributed by atoms with Gasteiger partial charge in [0.05, 0.1) is 31.1 Å². The number of oxime groups is 1. The monoisotopic (exact) mass is 348 g/mol. The van der Waals surface area contributed by atoms with Crippen molar-refractivity contribution in [1.29, 1.82) is 0 Å². The molecule has 0 aromatic heterocycles. The van der Waals surface area contributed by atoms with E-state index in [9.17, 15) is 4.79 Å². The Bertz CT molecular complexity index is 734. The number of hydrogen-bond acceptors (Lipinski definition) is 5. The molecule has 0 heterocycles. The van der Waals surface area contributed by atoms with Crippen LogP contribution in [0.1, 0.15) is 5.56 Å². The Labute approximate surface area is 145 Å². The van der Waals surface area contributed by atoms with Crippen LogP contribution in [-0.4, -0.2) is 32.9 Å². The lowest BCUT2D eigenvalue weighted by Gasteiger charge is -2.09. The van der Waals surface area contributed by atoms with Gasteiger partial charge in [-0.25, -0.2) is 0 Å². The van der Waals surface area contributed by atoms with Gasteiger partial charge in [-0.05, 0) is 24.3 Å². The lowest BCUT2D eigenvalue weighted by Crippen LogP contribution is -2.17. The molecule has 126 valence electrons.